The highest BCUT2D eigenvalue weighted by Gasteiger charge is 2.17. The number of anilines is 3. The third kappa shape index (κ3) is 5.91. The fraction of sp³-hybridized carbons (Fsp3) is 0.296. The number of para-hydroxylation sites is 1. The third-order valence-corrected chi connectivity index (χ3v) is 6.72. The SMILES string of the molecule is CC(=O)N(c1ccccc1)c1nc(/C=C/C(=O)N(C)Cc2ccc(N3CCCCC3)cc2)cs1. The summed E-state index contributed by atoms with van der Waals surface area (Å²) in [6.45, 7) is 4.30. The zero-order valence-corrected chi connectivity index (χ0v) is 20.5. The van der Waals surface area contributed by atoms with Gasteiger partial charge in [-0.3, -0.25) is 14.5 Å². The lowest BCUT2D eigenvalue weighted by Gasteiger charge is -2.29. The summed E-state index contributed by atoms with van der Waals surface area (Å²) in [5, 5.41) is 2.42. The number of nitrogens with zero attached hydrogens (tertiary/aromatic N) is 4. The predicted octanol–water partition coefficient (Wildman–Crippen LogP) is 5.49. The van der Waals surface area contributed by atoms with Gasteiger partial charge >= 0.3 is 0 Å². The molecular formula is C27H30N4O2S. The molecule has 6 nitrogen and oxygen atoms in total. The molecule has 1 aliphatic rings. The van der Waals surface area contributed by atoms with Gasteiger partial charge in [-0.15, -0.1) is 11.3 Å². The molecule has 2 amide bonds. The fourth-order valence-corrected chi connectivity index (χ4v) is 4.91. The zero-order chi connectivity index (χ0) is 23.9. The van der Waals surface area contributed by atoms with Crippen LogP contribution >= 0.6 is 11.3 Å². The average Bonchev–Trinajstić information content (AvgIpc) is 3.32. The van der Waals surface area contributed by atoms with E-state index in [4.69, 9.17) is 0 Å². The molecule has 0 radical (unpaired) electrons. The average molecular weight is 475 g/mol. The summed E-state index contributed by atoms with van der Waals surface area (Å²) >= 11 is 1.37. The van der Waals surface area contributed by atoms with E-state index in [-0.39, 0.29) is 11.8 Å². The minimum absolute atomic E-state index is 0.0962. The van der Waals surface area contributed by atoms with Crippen molar-refractivity contribution >= 4 is 45.7 Å². The number of carbonyl (C=O) groups excluding carboxylic acids is 2. The van der Waals surface area contributed by atoms with Gasteiger partial charge < -0.3 is 9.80 Å². The van der Waals surface area contributed by atoms with Crippen LogP contribution in [0.1, 0.15) is 37.4 Å². The lowest BCUT2D eigenvalue weighted by atomic mass is 10.1. The van der Waals surface area contributed by atoms with E-state index in [2.05, 4.69) is 34.1 Å². The second kappa shape index (κ2) is 11.1. The Hall–Kier alpha value is -3.45. The van der Waals surface area contributed by atoms with Crippen molar-refractivity contribution < 1.29 is 9.59 Å². The van der Waals surface area contributed by atoms with Crippen molar-refractivity contribution in [3.05, 3.63) is 77.3 Å². The molecule has 0 atom stereocenters. The lowest BCUT2D eigenvalue weighted by Crippen LogP contribution is -2.29. The first-order valence-corrected chi connectivity index (χ1v) is 12.5. The van der Waals surface area contributed by atoms with E-state index in [9.17, 15) is 9.59 Å². The predicted molar refractivity (Wildman–Crippen MR) is 139 cm³/mol. The summed E-state index contributed by atoms with van der Waals surface area (Å²) in [5.41, 5.74) is 3.77. The van der Waals surface area contributed by atoms with Gasteiger partial charge in [-0.05, 0) is 55.2 Å². The van der Waals surface area contributed by atoms with Crippen LogP contribution in [0.4, 0.5) is 16.5 Å². The van der Waals surface area contributed by atoms with Crippen molar-refractivity contribution in [3.63, 3.8) is 0 Å². The summed E-state index contributed by atoms with van der Waals surface area (Å²) < 4.78 is 0. The molecular weight excluding hydrogens is 444 g/mol. The summed E-state index contributed by atoms with van der Waals surface area (Å²) in [6, 6.07) is 17.9. The first-order chi connectivity index (χ1) is 16.5. The Morgan fingerprint density at radius 2 is 1.74 bits per heavy atom. The Kier molecular flexibility index (Phi) is 7.75. The van der Waals surface area contributed by atoms with Gasteiger partial charge in [0.1, 0.15) is 0 Å². The minimum Gasteiger partial charge on any atom is -0.372 e. The molecule has 34 heavy (non-hydrogen) atoms. The Balaban J connectivity index is 1.36. The molecule has 4 rings (SSSR count). The highest BCUT2D eigenvalue weighted by molar-refractivity contribution is 7.14. The van der Waals surface area contributed by atoms with Gasteiger partial charge in [0.15, 0.2) is 5.13 Å². The number of rotatable bonds is 7. The van der Waals surface area contributed by atoms with E-state index >= 15 is 0 Å². The number of hydrogen-bond acceptors (Lipinski definition) is 5. The highest BCUT2D eigenvalue weighted by Crippen LogP contribution is 2.29. The molecule has 0 saturated carbocycles. The Bertz CT molecular complexity index is 1130. The molecule has 176 valence electrons. The molecule has 1 aromatic heterocycles. The van der Waals surface area contributed by atoms with E-state index in [1.807, 2.05) is 35.7 Å². The van der Waals surface area contributed by atoms with Gasteiger partial charge in [0.25, 0.3) is 0 Å². The molecule has 3 aromatic rings. The molecule has 1 saturated heterocycles. The number of likely N-dealkylation sites (N-methyl/N-ethyl adjacent to an activating group) is 1. The van der Waals surface area contributed by atoms with E-state index in [0.29, 0.717) is 17.4 Å². The maximum atomic E-state index is 12.6. The topological polar surface area (TPSA) is 56.8 Å². The maximum absolute atomic E-state index is 12.6. The van der Waals surface area contributed by atoms with E-state index in [0.717, 1.165) is 24.3 Å². The summed E-state index contributed by atoms with van der Waals surface area (Å²) in [4.78, 5) is 35.1. The van der Waals surface area contributed by atoms with Gasteiger partial charge in [-0.2, -0.15) is 0 Å². The zero-order valence-electron chi connectivity index (χ0n) is 19.7. The van der Waals surface area contributed by atoms with Crippen LogP contribution in [0.3, 0.4) is 0 Å². The van der Waals surface area contributed by atoms with E-state index < -0.39 is 0 Å². The van der Waals surface area contributed by atoms with Crippen molar-refractivity contribution in [2.45, 2.75) is 32.7 Å². The minimum atomic E-state index is -0.113. The number of benzene rings is 2. The van der Waals surface area contributed by atoms with Crippen LogP contribution in [0.25, 0.3) is 6.08 Å². The van der Waals surface area contributed by atoms with Crippen molar-refractivity contribution in [2.24, 2.45) is 0 Å². The molecule has 1 fully saturated rings. The van der Waals surface area contributed by atoms with E-state index in [1.165, 1.54) is 49.3 Å². The van der Waals surface area contributed by atoms with Gasteiger partial charge in [-0.25, -0.2) is 4.98 Å². The van der Waals surface area contributed by atoms with Gasteiger partial charge in [0.2, 0.25) is 11.8 Å². The van der Waals surface area contributed by atoms with Crippen LogP contribution in [-0.2, 0) is 16.1 Å². The lowest BCUT2D eigenvalue weighted by molar-refractivity contribution is -0.125. The summed E-state index contributed by atoms with van der Waals surface area (Å²) in [6.07, 6.45) is 7.05. The first-order valence-electron chi connectivity index (χ1n) is 11.6. The van der Waals surface area contributed by atoms with Gasteiger partial charge in [0, 0.05) is 50.7 Å². The van der Waals surface area contributed by atoms with Gasteiger partial charge in [-0.1, -0.05) is 30.3 Å². The van der Waals surface area contributed by atoms with Crippen molar-refractivity contribution in [3.8, 4) is 0 Å². The molecule has 2 heterocycles. The molecule has 0 unspecified atom stereocenters. The second-order valence-electron chi connectivity index (χ2n) is 8.49. The first kappa shape index (κ1) is 23.7. The number of aromatic nitrogens is 1. The van der Waals surface area contributed by atoms with Crippen molar-refractivity contribution in [2.75, 3.05) is 29.9 Å². The van der Waals surface area contributed by atoms with E-state index in [1.54, 1.807) is 22.9 Å². The Morgan fingerprint density at radius 1 is 1.03 bits per heavy atom. The normalized spacial score (nSPS) is 13.8. The van der Waals surface area contributed by atoms with Crippen LogP contribution in [-0.4, -0.2) is 41.8 Å². The number of carbonyl (C=O) groups is 2. The van der Waals surface area contributed by atoms with Crippen molar-refractivity contribution in [1.82, 2.24) is 9.88 Å². The number of piperidine rings is 1. The van der Waals surface area contributed by atoms with Crippen molar-refractivity contribution in [1.29, 1.82) is 0 Å². The van der Waals surface area contributed by atoms with Gasteiger partial charge in [0.05, 0.1) is 11.4 Å². The monoisotopic (exact) mass is 474 g/mol. The third-order valence-electron chi connectivity index (χ3n) is 5.88. The summed E-state index contributed by atoms with van der Waals surface area (Å²) in [7, 11) is 1.80. The van der Waals surface area contributed by atoms with Crippen LogP contribution in [0.2, 0.25) is 0 Å². The number of thiazole rings is 1. The molecule has 2 aromatic carbocycles. The molecule has 1 aliphatic heterocycles. The molecule has 0 bridgehead atoms. The second-order valence-corrected chi connectivity index (χ2v) is 9.32. The standard InChI is InChI=1S/C27H30N4O2S/c1-21(32)31(25-9-5-3-6-10-25)27-28-23(20-34-27)13-16-26(33)29(2)19-22-11-14-24(15-12-22)30-17-7-4-8-18-30/h3,5-6,9-16,20H,4,7-8,17-19H2,1-2H3/b16-13+. The molecule has 0 spiro atoms. The highest BCUT2D eigenvalue weighted by atomic mass is 32.1. The largest absolute Gasteiger partial charge is 0.372 e. The van der Waals surface area contributed by atoms with Crippen LogP contribution < -0.4 is 9.80 Å². The van der Waals surface area contributed by atoms with Crippen LogP contribution in [0, 0.1) is 0 Å². The van der Waals surface area contributed by atoms with Crippen LogP contribution in [0.15, 0.2) is 66.1 Å². The maximum Gasteiger partial charge on any atom is 0.246 e. The summed E-state index contributed by atoms with van der Waals surface area (Å²) in [5.74, 6) is -0.209. The molecule has 7 heteroatoms. The Labute approximate surface area is 205 Å². The molecule has 0 N–H and O–H groups in total. The number of amides is 2. The van der Waals surface area contributed by atoms with Crippen LogP contribution in [0.5, 0.6) is 0 Å². The Morgan fingerprint density at radius 3 is 2.41 bits per heavy atom. The smallest absolute Gasteiger partial charge is 0.246 e. The number of hydrogen-bond donors (Lipinski definition) is 0. The fourth-order valence-electron chi connectivity index (χ4n) is 4.06. The molecule has 0 aliphatic carbocycles. The quantitative estimate of drug-likeness (QED) is 0.425.